The van der Waals surface area contributed by atoms with E-state index in [1.807, 2.05) is 0 Å². The summed E-state index contributed by atoms with van der Waals surface area (Å²) in [5.41, 5.74) is -0.921. The molecule has 0 spiro atoms. The number of anilines is 1. The second-order valence-electron chi connectivity index (χ2n) is 3.62. The van der Waals surface area contributed by atoms with E-state index in [0.29, 0.717) is 0 Å². The van der Waals surface area contributed by atoms with Gasteiger partial charge in [0.25, 0.3) is 0 Å². The molecule has 0 radical (unpaired) electrons. The average molecular weight is 325 g/mol. The van der Waals surface area contributed by atoms with Crippen molar-refractivity contribution in [1.29, 1.82) is 0 Å². The van der Waals surface area contributed by atoms with Gasteiger partial charge in [-0.1, -0.05) is 29.3 Å². The van der Waals surface area contributed by atoms with E-state index in [1.54, 1.807) is 0 Å². The Balaban J connectivity index is 3.08. The normalized spacial score (nSPS) is 13.3. The van der Waals surface area contributed by atoms with Gasteiger partial charge in [0.2, 0.25) is 6.41 Å². The first kappa shape index (κ1) is 16.5. The standard InChI is InChI=1S/C12H9Cl2F3N2O/c1-8(13)11(14)6-18-19(7-20)10-4-2-3-9(5-10)12(15,16)17/h2-7H,1H3/b11-8-,18-6-. The maximum Gasteiger partial charge on any atom is 0.416 e. The molecule has 8 heteroatoms. The van der Waals surface area contributed by atoms with Crippen molar-refractivity contribution in [2.24, 2.45) is 5.10 Å². The van der Waals surface area contributed by atoms with E-state index in [2.05, 4.69) is 5.10 Å². The fourth-order valence-corrected chi connectivity index (χ4v) is 1.27. The van der Waals surface area contributed by atoms with E-state index in [0.717, 1.165) is 23.4 Å². The minimum Gasteiger partial charge on any atom is -0.276 e. The number of halogens is 5. The van der Waals surface area contributed by atoms with Gasteiger partial charge < -0.3 is 0 Å². The molecule has 1 amide bonds. The van der Waals surface area contributed by atoms with Crippen LogP contribution >= 0.6 is 23.2 Å². The Labute approximate surface area is 123 Å². The molecule has 0 aliphatic rings. The molecule has 0 N–H and O–H groups in total. The van der Waals surface area contributed by atoms with Crippen LogP contribution in [-0.4, -0.2) is 12.6 Å². The topological polar surface area (TPSA) is 32.7 Å². The Bertz CT molecular complexity index is 552. The molecule has 1 aromatic rings. The van der Waals surface area contributed by atoms with Crippen molar-refractivity contribution in [1.82, 2.24) is 0 Å². The first-order chi connectivity index (χ1) is 9.25. The van der Waals surface area contributed by atoms with Crippen LogP contribution in [0.2, 0.25) is 0 Å². The van der Waals surface area contributed by atoms with E-state index in [1.165, 1.54) is 19.1 Å². The van der Waals surface area contributed by atoms with E-state index in [-0.39, 0.29) is 22.2 Å². The van der Waals surface area contributed by atoms with Crippen molar-refractivity contribution in [2.75, 3.05) is 5.01 Å². The first-order valence-corrected chi connectivity index (χ1v) is 5.99. The molecule has 108 valence electrons. The lowest BCUT2D eigenvalue weighted by Gasteiger charge is -2.13. The van der Waals surface area contributed by atoms with Gasteiger partial charge in [-0.15, -0.1) is 0 Å². The summed E-state index contributed by atoms with van der Waals surface area (Å²) >= 11 is 11.3. The summed E-state index contributed by atoms with van der Waals surface area (Å²) in [5.74, 6) is 0. The Morgan fingerprint density at radius 3 is 2.50 bits per heavy atom. The fraction of sp³-hybridized carbons (Fsp3) is 0.167. The summed E-state index contributed by atoms with van der Waals surface area (Å²) in [4.78, 5) is 10.9. The second-order valence-corrected chi connectivity index (χ2v) is 4.60. The highest BCUT2D eigenvalue weighted by atomic mass is 35.5. The average Bonchev–Trinajstić information content (AvgIpc) is 2.38. The molecule has 0 atom stereocenters. The van der Waals surface area contributed by atoms with Crippen molar-refractivity contribution < 1.29 is 18.0 Å². The first-order valence-electron chi connectivity index (χ1n) is 5.23. The molecule has 3 nitrogen and oxygen atoms in total. The van der Waals surface area contributed by atoms with Crippen molar-refractivity contribution in [2.45, 2.75) is 13.1 Å². The molecule has 1 rings (SSSR count). The van der Waals surface area contributed by atoms with Crippen LogP contribution < -0.4 is 5.01 Å². The second kappa shape index (κ2) is 6.76. The van der Waals surface area contributed by atoms with Crippen LogP contribution in [0.25, 0.3) is 0 Å². The van der Waals surface area contributed by atoms with Gasteiger partial charge in [-0.05, 0) is 25.1 Å². The van der Waals surface area contributed by atoms with Crippen LogP contribution in [0.3, 0.4) is 0 Å². The smallest absolute Gasteiger partial charge is 0.276 e. The predicted octanol–water partition coefficient (Wildman–Crippen LogP) is 4.36. The lowest BCUT2D eigenvalue weighted by atomic mass is 10.2. The summed E-state index contributed by atoms with van der Waals surface area (Å²) < 4.78 is 37.7. The van der Waals surface area contributed by atoms with Crippen molar-refractivity contribution >= 4 is 41.5 Å². The van der Waals surface area contributed by atoms with Gasteiger partial charge in [-0.3, -0.25) is 4.79 Å². The number of carbonyl (C=O) groups is 1. The number of hydrazone groups is 1. The molecule has 0 unspecified atom stereocenters. The highest BCUT2D eigenvalue weighted by molar-refractivity contribution is 6.45. The molecule has 0 aliphatic heterocycles. The number of nitrogens with zero attached hydrogens (tertiary/aromatic N) is 2. The minimum absolute atomic E-state index is 0.0391. The Morgan fingerprint density at radius 2 is 2.00 bits per heavy atom. The van der Waals surface area contributed by atoms with E-state index < -0.39 is 11.7 Å². The molecule has 0 aromatic heterocycles. The minimum atomic E-state index is -4.50. The Hall–Kier alpha value is -1.53. The largest absolute Gasteiger partial charge is 0.416 e. The van der Waals surface area contributed by atoms with Gasteiger partial charge in [-0.25, -0.2) is 5.01 Å². The van der Waals surface area contributed by atoms with Gasteiger partial charge in [-0.2, -0.15) is 18.3 Å². The zero-order chi connectivity index (χ0) is 15.3. The molecule has 0 fully saturated rings. The number of benzene rings is 1. The van der Waals surface area contributed by atoms with Crippen LogP contribution in [-0.2, 0) is 11.0 Å². The third kappa shape index (κ3) is 4.54. The number of alkyl halides is 3. The van der Waals surface area contributed by atoms with Crippen LogP contribution in [0.5, 0.6) is 0 Å². The lowest BCUT2D eigenvalue weighted by Crippen LogP contribution is -2.15. The molecule has 0 heterocycles. The number of hydrogen-bond donors (Lipinski definition) is 0. The third-order valence-corrected chi connectivity index (χ3v) is 2.84. The monoisotopic (exact) mass is 324 g/mol. The summed E-state index contributed by atoms with van der Waals surface area (Å²) in [6.07, 6.45) is -3.17. The SMILES string of the molecule is C/C(Cl)=C(Cl)\C=N/N(C=O)c1cccc(C(F)(F)F)c1. The number of rotatable bonds is 4. The quantitative estimate of drug-likeness (QED) is 0.460. The Morgan fingerprint density at radius 1 is 1.35 bits per heavy atom. The highest BCUT2D eigenvalue weighted by Crippen LogP contribution is 2.31. The molecule has 1 aromatic carbocycles. The van der Waals surface area contributed by atoms with Crippen molar-refractivity contribution in [3.8, 4) is 0 Å². The van der Waals surface area contributed by atoms with Crippen LogP contribution in [0.1, 0.15) is 12.5 Å². The number of hydrogen-bond acceptors (Lipinski definition) is 2. The predicted molar refractivity (Wildman–Crippen MR) is 72.9 cm³/mol. The summed E-state index contributed by atoms with van der Waals surface area (Å²) in [5, 5.41) is 4.69. The van der Waals surface area contributed by atoms with Crippen LogP contribution in [0, 0.1) is 0 Å². The number of allylic oxidation sites excluding steroid dienone is 2. The highest BCUT2D eigenvalue weighted by Gasteiger charge is 2.30. The van der Waals surface area contributed by atoms with Gasteiger partial charge >= 0.3 is 6.18 Å². The maximum absolute atomic E-state index is 12.6. The Kier molecular flexibility index (Phi) is 5.59. The van der Waals surface area contributed by atoms with Gasteiger partial charge in [0, 0.05) is 5.03 Å². The third-order valence-electron chi connectivity index (χ3n) is 2.16. The number of amides is 1. The van der Waals surface area contributed by atoms with E-state index in [9.17, 15) is 18.0 Å². The van der Waals surface area contributed by atoms with Gasteiger partial charge in [0.05, 0.1) is 22.5 Å². The number of carbonyl (C=O) groups excluding carboxylic acids is 1. The van der Waals surface area contributed by atoms with Gasteiger partial charge in [0.1, 0.15) is 0 Å². The van der Waals surface area contributed by atoms with E-state index in [4.69, 9.17) is 23.2 Å². The molecular formula is C12H9Cl2F3N2O. The van der Waals surface area contributed by atoms with Crippen LogP contribution in [0.4, 0.5) is 18.9 Å². The fourth-order valence-electron chi connectivity index (χ4n) is 1.18. The lowest BCUT2D eigenvalue weighted by molar-refractivity contribution is -0.137. The van der Waals surface area contributed by atoms with Gasteiger partial charge in [0.15, 0.2) is 0 Å². The summed E-state index contributed by atoms with van der Waals surface area (Å²) in [6.45, 7) is 1.51. The molecule has 0 saturated heterocycles. The summed E-state index contributed by atoms with van der Waals surface area (Å²) in [6, 6.07) is 4.18. The van der Waals surface area contributed by atoms with Crippen molar-refractivity contribution in [3.63, 3.8) is 0 Å². The summed E-state index contributed by atoms with van der Waals surface area (Å²) in [7, 11) is 0. The van der Waals surface area contributed by atoms with Crippen molar-refractivity contribution in [3.05, 3.63) is 39.9 Å². The zero-order valence-electron chi connectivity index (χ0n) is 10.2. The zero-order valence-corrected chi connectivity index (χ0v) is 11.7. The maximum atomic E-state index is 12.6. The van der Waals surface area contributed by atoms with E-state index >= 15 is 0 Å². The van der Waals surface area contributed by atoms with Crippen LogP contribution in [0.15, 0.2) is 39.4 Å². The molecule has 20 heavy (non-hydrogen) atoms. The molecule has 0 saturated carbocycles. The molecule has 0 aliphatic carbocycles. The molecular weight excluding hydrogens is 316 g/mol. The molecule has 0 bridgehead atoms.